The molecule has 0 aliphatic carbocycles. The lowest BCUT2D eigenvalue weighted by atomic mass is 9.82. The van der Waals surface area contributed by atoms with Crippen LogP contribution in [0.3, 0.4) is 0 Å². The maximum Gasteiger partial charge on any atom is 0.339 e. The number of methoxy groups -OCH3 is 2. The zero-order valence-electron chi connectivity index (χ0n) is 14.7. The first-order valence-corrected chi connectivity index (χ1v) is 8.43. The van der Waals surface area contributed by atoms with E-state index in [0.717, 1.165) is 11.1 Å². The highest BCUT2D eigenvalue weighted by Gasteiger charge is 2.41. The second kappa shape index (κ2) is 5.84. The minimum Gasteiger partial charge on any atom is -0.497 e. The number of carbonyl (C=O) groups excluding carboxylic acids is 1. The van der Waals surface area contributed by atoms with Crippen LogP contribution in [0.5, 0.6) is 28.7 Å². The molecule has 1 atom stereocenters. The molecule has 27 heavy (non-hydrogen) atoms. The van der Waals surface area contributed by atoms with Crippen molar-refractivity contribution in [3.63, 3.8) is 0 Å². The summed E-state index contributed by atoms with van der Waals surface area (Å²) in [7, 11) is 3.16. The molecule has 3 aliphatic rings. The molecule has 2 aromatic carbocycles. The third kappa shape index (κ3) is 2.31. The minimum atomic E-state index is -0.391. The van der Waals surface area contributed by atoms with Crippen LogP contribution in [0.4, 0.5) is 0 Å². The first-order valence-electron chi connectivity index (χ1n) is 8.43. The molecule has 0 saturated carbocycles. The van der Waals surface area contributed by atoms with Gasteiger partial charge in [-0.3, -0.25) is 0 Å². The number of rotatable bonds is 3. The van der Waals surface area contributed by atoms with Gasteiger partial charge in [-0.15, -0.1) is 0 Å². The smallest absolute Gasteiger partial charge is 0.339 e. The highest BCUT2D eigenvalue weighted by atomic mass is 16.7. The van der Waals surface area contributed by atoms with Gasteiger partial charge in [0.05, 0.1) is 19.8 Å². The van der Waals surface area contributed by atoms with Crippen molar-refractivity contribution in [1.29, 1.82) is 0 Å². The van der Waals surface area contributed by atoms with Gasteiger partial charge in [-0.2, -0.15) is 0 Å². The average molecular weight is 368 g/mol. The Morgan fingerprint density at radius 1 is 1.00 bits per heavy atom. The van der Waals surface area contributed by atoms with Gasteiger partial charge in [-0.05, 0) is 35.9 Å². The summed E-state index contributed by atoms with van der Waals surface area (Å²) >= 11 is 0. The van der Waals surface area contributed by atoms with Gasteiger partial charge in [0, 0.05) is 11.5 Å². The molecule has 2 aromatic rings. The lowest BCUT2D eigenvalue weighted by Crippen LogP contribution is -2.18. The van der Waals surface area contributed by atoms with Crippen LogP contribution in [0, 0.1) is 0 Å². The normalized spacial score (nSPS) is 19.2. The maximum atomic E-state index is 12.5. The second-order valence-electron chi connectivity index (χ2n) is 6.31. The summed E-state index contributed by atoms with van der Waals surface area (Å²) in [5.41, 5.74) is 2.12. The van der Waals surface area contributed by atoms with Crippen molar-refractivity contribution in [2.45, 2.75) is 5.92 Å². The SMILES string of the molecule is COc1ccc2c(c1)[C@H](c1cc(OC)c3c(c1)OCO3)C1=C(COC1=O)O2. The first kappa shape index (κ1) is 15.9. The van der Waals surface area contributed by atoms with Gasteiger partial charge in [0.25, 0.3) is 0 Å². The van der Waals surface area contributed by atoms with E-state index in [-0.39, 0.29) is 19.4 Å². The standard InChI is InChI=1S/C20H16O7/c1-22-11-3-4-13-12(7-11)17(18-16(27-13)8-24-20(18)21)10-5-14(23-2)19-15(6-10)25-9-26-19/h3-7,17H,8-9H2,1-2H3/t17-/m0/s1. The molecule has 3 heterocycles. The monoisotopic (exact) mass is 368 g/mol. The van der Waals surface area contributed by atoms with E-state index in [1.54, 1.807) is 14.2 Å². The summed E-state index contributed by atoms with van der Waals surface area (Å²) < 4.78 is 33.0. The van der Waals surface area contributed by atoms with Gasteiger partial charge in [0.15, 0.2) is 17.3 Å². The Balaban J connectivity index is 1.73. The summed E-state index contributed by atoms with van der Waals surface area (Å²) in [6.45, 7) is 0.251. The Bertz CT molecular complexity index is 992. The van der Waals surface area contributed by atoms with Crippen LogP contribution in [0.15, 0.2) is 41.7 Å². The van der Waals surface area contributed by atoms with E-state index in [1.807, 2.05) is 30.3 Å². The fourth-order valence-electron chi connectivity index (χ4n) is 3.69. The zero-order chi connectivity index (χ0) is 18.5. The van der Waals surface area contributed by atoms with E-state index < -0.39 is 5.92 Å². The van der Waals surface area contributed by atoms with Crippen LogP contribution in [-0.2, 0) is 9.53 Å². The largest absolute Gasteiger partial charge is 0.497 e. The minimum absolute atomic E-state index is 0.123. The number of carbonyl (C=O) groups is 1. The number of ether oxygens (including phenoxy) is 6. The number of benzene rings is 2. The van der Waals surface area contributed by atoms with Gasteiger partial charge < -0.3 is 28.4 Å². The Morgan fingerprint density at radius 2 is 1.89 bits per heavy atom. The molecule has 0 saturated heterocycles. The molecule has 0 fully saturated rings. The molecule has 0 amide bonds. The Hall–Kier alpha value is -3.35. The second-order valence-corrected chi connectivity index (χ2v) is 6.31. The molecule has 0 unspecified atom stereocenters. The predicted molar refractivity (Wildman–Crippen MR) is 92.6 cm³/mol. The molecule has 0 spiro atoms. The number of hydrogen-bond acceptors (Lipinski definition) is 7. The van der Waals surface area contributed by atoms with Crippen molar-refractivity contribution in [2.24, 2.45) is 0 Å². The zero-order valence-corrected chi connectivity index (χ0v) is 14.7. The van der Waals surface area contributed by atoms with Gasteiger partial charge in [0.2, 0.25) is 12.5 Å². The molecule has 0 radical (unpaired) electrons. The highest BCUT2D eigenvalue weighted by molar-refractivity contribution is 5.95. The van der Waals surface area contributed by atoms with Crippen LogP contribution in [0.1, 0.15) is 17.0 Å². The average Bonchev–Trinajstić information content (AvgIpc) is 3.31. The lowest BCUT2D eigenvalue weighted by Gasteiger charge is -2.26. The lowest BCUT2D eigenvalue weighted by molar-refractivity contribution is -0.136. The Morgan fingerprint density at radius 3 is 2.70 bits per heavy atom. The third-order valence-electron chi connectivity index (χ3n) is 4.92. The molecule has 138 valence electrons. The van der Waals surface area contributed by atoms with Gasteiger partial charge in [0.1, 0.15) is 18.1 Å². The molecule has 5 rings (SSSR count). The van der Waals surface area contributed by atoms with Crippen LogP contribution >= 0.6 is 0 Å². The first-order chi connectivity index (χ1) is 13.2. The Kier molecular flexibility index (Phi) is 3.43. The highest BCUT2D eigenvalue weighted by Crippen LogP contribution is 2.50. The quantitative estimate of drug-likeness (QED) is 0.772. The van der Waals surface area contributed by atoms with E-state index in [4.69, 9.17) is 28.4 Å². The number of cyclic esters (lactones) is 1. The summed E-state index contributed by atoms with van der Waals surface area (Å²) in [5.74, 6) is 2.76. The molecule has 3 aliphatic heterocycles. The summed E-state index contributed by atoms with van der Waals surface area (Å²) in [5, 5.41) is 0. The maximum absolute atomic E-state index is 12.5. The van der Waals surface area contributed by atoms with Crippen molar-refractivity contribution < 1.29 is 33.2 Å². The van der Waals surface area contributed by atoms with E-state index in [2.05, 4.69) is 0 Å². The molecule has 0 bridgehead atoms. The van der Waals surface area contributed by atoms with Crippen molar-refractivity contribution in [3.05, 3.63) is 52.8 Å². The van der Waals surface area contributed by atoms with Crippen LogP contribution in [0.2, 0.25) is 0 Å². The molecule has 0 N–H and O–H groups in total. The van der Waals surface area contributed by atoms with Crippen molar-refractivity contribution >= 4 is 5.97 Å². The fourth-order valence-corrected chi connectivity index (χ4v) is 3.69. The Labute approximate surface area is 155 Å². The van der Waals surface area contributed by atoms with Crippen LogP contribution in [0.25, 0.3) is 0 Å². The van der Waals surface area contributed by atoms with E-state index >= 15 is 0 Å². The summed E-state index contributed by atoms with van der Waals surface area (Å²) in [6, 6.07) is 9.23. The van der Waals surface area contributed by atoms with Gasteiger partial charge >= 0.3 is 5.97 Å². The number of esters is 1. The number of hydrogen-bond donors (Lipinski definition) is 0. The van der Waals surface area contributed by atoms with E-state index in [0.29, 0.717) is 40.1 Å². The molecular weight excluding hydrogens is 352 g/mol. The number of fused-ring (bicyclic) bond motifs is 2. The van der Waals surface area contributed by atoms with E-state index in [1.165, 1.54) is 0 Å². The molecule has 7 nitrogen and oxygen atoms in total. The van der Waals surface area contributed by atoms with Crippen molar-refractivity contribution in [2.75, 3.05) is 27.6 Å². The molecule has 7 heteroatoms. The molecule has 0 aromatic heterocycles. The van der Waals surface area contributed by atoms with Gasteiger partial charge in [-0.1, -0.05) is 0 Å². The van der Waals surface area contributed by atoms with E-state index in [9.17, 15) is 4.79 Å². The summed E-state index contributed by atoms with van der Waals surface area (Å²) in [6.07, 6.45) is 0. The van der Waals surface area contributed by atoms with Crippen molar-refractivity contribution in [3.8, 4) is 28.7 Å². The van der Waals surface area contributed by atoms with Gasteiger partial charge in [-0.25, -0.2) is 4.79 Å². The van der Waals surface area contributed by atoms with Crippen molar-refractivity contribution in [1.82, 2.24) is 0 Å². The topological polar surface area (TPSA) is 72.5 Å². The fraction of sp³-hybridized carbons (Fsp3) is 0.250. The molecular formula is C20H16O7. The van der Waals surface area contributed by atoms with Crippen LogP contribution < -0.4 is 23.7 Å². The summed E-state index contributed by atoms with van der Waals surface area (Å²) in [4.78, 5) is 12.5. The predicted octanol–water partition coefficient (Wildman–Crippen LogP) is 2.77. The third-order valence-corrected chi connectivity index (χ3v) is 4.92. The van der Waals surface area contributed by atoms with Crippen LogP contribution in [-0.4, -0.2) is 33.6 Å².